The second-order valence-electron chi connectivity index (χ2n) is 6.23. The molecule has 0 saturated heterocycles. The Morgan fingerprint density at radius 3 is 2.41 bits per heavy atom. The molecule has 0 unspecified atom stereocenters. The SMILES string of the molecule is CN(Cc1cccc(OC(F)(F)F)c1)C(=O)[C@@H](N)C(C)(C)C. The first-order valence-corrected chi connectivity index (χ1v) is 6.75. The van der Waals surface area contributed by atoms with Crippen LogP contribution < -0.4 is 10.5 Å². The number of alkyl halides is 3. The number of rotatable bonds is 4. The first kappa shape index (κ1) is 18.3. The lowest BCUT2D eigenvalue weighted by molar-refractivity contribution is -0.274. The smallest absolute Gasteiger partial charge is 0.406 e. The van der Waals surface area contributed by atoms with E-state index in [-0.39, 0.29) is 18.2 Å². The van der Waals surface area contributed by atoms with Crippen molar-refractivity contribution in [2.24, 2.45) is 11.1 Å². The summed E-state index contributed by atoms with van der Waals surface area (Å²) in [5, 5.41) is 0. The molecule has 4 nitrogen and oxygen atoms in total. The quantitative estimate of drug-likeness (QED) is 0.928. The molecule has 0 fully saturated rings. The van der Waals surface area contributed by atoms with Crippen molar-refractivity contribution < 1.29 is 22.7 Å². The normalized spacial score (nSPS) is 13.6. The molecule has 2 N–H and O–H groups in total. The summed E-state index contributed by atoms with van der Waals surface area (Å²) < 4.78 is 40.5. The number of ether oxygens (including phenoxy) is 1. The van der Waals surface area contributed by atoms with Gasteiger partial charge in [0.2, 0.25) is 5.91 Å². The van der Waals surface area contributed by atoms with Gasteiger partial charge in [0.25, 0.3) is 0 Å². The van der Waals surface area contributed by atoms with Gasteiger partial charge in [-0.2, -0.15) is 0 Å². The van der Waals surface area contributed by atoms with Gasteiger partial charge in [0.1, 0.15) is 5.75 Å². The van der Waals surface area contributed by atoms with Gasteiger partial charge >= 0.3 is 6.36 Å². The largest absolute Gasteiger partial charge is 0.573 e. The molecule has 0 aliphatic carbocycles. The molecule has 0 aliphatic heterocycles. The minimum absolute atomic E-state index is 0.150. The van der Waals surface area contributed by atoms with E-state index < -0.39 is 17.8 Å². The third-order valence-electron chi connectivity index (χ3n) is 3.13. The van der Waals surface area contributed by atoms with Crippen LogP contribution in [0.1, 0.15) is 26.3 Å². The summed E-state index contributed by atoms with van der Waals surface area (Å²) in [6, 6.07) is 4.83. The van der Waals surface area contributed by atoms with Crippen molar-refractivity contribution in [3.05, 3.63) is 29.8 Å². The van der Waals surface area contributed by atoms with Gasteiger partial charge in [-0.3, -0.25) is 4.79 Å². The predicted octanol–water partition coefficient (Wildman–Crippen LogP) is 2.92. The van der Waals surface area contributed by atoms with E-state index >= 15 is 0 Å². The number of halogens is 3. The van der Waals surface area contributed by atoms with Gasteiger partial charge in [0.15, 0.2) is 0 Å². The molecule has 0 spiro atoms. The number of carbonyl (C=O) groups is 1. The number of nitrogens with zero attached hydrogens (tertiary/aromatic N) is 1. The van der Waals surface area contributed by atoms with Crippen LogP contribution in [-0.2, 0) is 11.3 Å². The fourth-order valence-electron chi connectivity index (χ4n) is 1.80. The van der Waals surface area contributed by atoms with Crippen molar-refractivity contribution in [3.63, 3.8) is 0 Å². The molecule has 0 aliphatic rings. The molecule has 22 heavy (non-hydrogen) atoms. The van der Waals surface area contributed by atoms with Gasteiger partial charge in [0, 0.05) is 13.6 Å². The average Bonchev–Trinajstić information content (AvgIpc) is 2.34. The van der Waals surface area contributed by atoms with Crippen LogP contribution in [0.5, 0.6) is 5.75 Å². The molecular formula is C15H21F3N2O2. The highest BCUT2D eigenvalue weighted by atomic mass is 19.4. The molecule has 1 aromatic carbocycles. The molecular weight excluding hydrogens is 297 g/mol. The maximum atomic E-state index is 12.2. The Bertz CT molecular complexity index is 524. The van der Waals surface area contributed by atoms with Crippen LogP contribution >= 0.6 is 0 Å². The number of benzene rings is 1. The van der Waals surface area contributed by atoms with Crippen molar-refractivity contribution in [3.8, 4) is 5.75 Å². The second-order valence-corrected chi connectivity index (χ2v) is 6.23. The van der Waals surface area contributed by atoms with E-state index in [0.29, 0.717) is 5.56 Å². The van der Waals surface area contributed by atoms with Crippen LogP contribution in [0.15, 0.2) is 24.3 Å². The number of nitrogens with two attached hydrogens (primary N) is 1. The molecule has 0 aromatic heterocycles. The van der Waals surface area contributed by atoms with E-state index in [1.54, 1.807) is 13.1 Å². The second kappa shape index (κ2) is 6.56. The molecule has 0 saturated carbocycles. The molecule has 1 atom stereocenters. The Morgan fingerprint density at radius 2 is 1.91 bits per heavy atom. The van der Waals surface area contributed by atoms with Crippen LogP contribution in [0.2, 0.25) is 0 Å². The third kappa shape index (κ3) is 5.55. The van der Waals surface area contributed by atoms with Crippen LogP contribution in [-0.4, -0.2) is 30.3 Å². The molecule has 1 amide bonds. The van der Waals surface area contributed by atoms with Crippen molar-refractivity contribution in [2.45, 2.75) is 39.7 Å². The fourth-order valence-corrected chi connectivity index (χ4v) is 1.80. The van der Waals surface area contributed by atoms with Gasteiger partial charge in [-0.15, -0.1) is 13.2 Å². The summed E-state index contributed by atoms with van der Waals surface area (Å²) in [4.78, 5) is 13.6. The van der Waals surface area contributed by atoms with Crippen LogP contribution in [0.25, 0.3) is 0 Å². The van der Waals surface area contributed by atoms with E-state index in [4.69, 9.17) is 5.73 Å². The zero-order chi connectivity index (χ0) is 17.1. The van der Waals surface area contributed by atoms with E-state index in [9.17, 15) is 18.0 Å². The van der Waals surface area contributed by atoms with Gasteiger partial charge in [-0.1, -0.05) is 32.9 Å². The minimum atomic E-state index is -4.74. The molecule has 1 rings (SSSR count). The maximum Gasteiger partial charge on any atom is 0.573 e. The summed E-state index contributed by atoms with van der Waals surface area (Å²) in [6.45, 7) is 5.70. The van der Waals surface area contributed by atoms with E-state index in [2.05, 4.69) is 4.74 Å². The summed E-state index contributed by atoms with van der Waals surface area (Å²) >= 11 is 0. The Kier molecular flexibility index (Phi) is 5.45. The first-order valence-electron chi connectivity index (χ1n) is 6.75. The molecule has 0 radical (unpaired) electrons. The number of carbonyl (C=O) groups excluding carboxylic acids is 1. The summed E-state index contributed by atoms with van der Waals surface area (Å²) in [6.07, 6.45) is -4.74. The summed E-state index contributed by atoms with van der Waals surface area (Å²) in [7, 11) is 1.56. The number of hydrogen-bond acceptors (Lipinski definition) is 3. The molecule has 0 bridgehead atoms. The zero-order valence-corrected chi connectivity index (χ0v) is 13.1. The van der Waals surface area contributed by atoms with Crippen LogP contribution in [0.4, 0.5) is 13.2 Å². The van der Waals surface area contributed by atoms with E-state index in [1.807, 2.05) is 20.8 Å². The van der Waals surface area contributed by atoms with E-state index in [1.165, 1.54) is 23.1 Å². The summed E-state index contributed by atoms with van der Waals surface area (Å²) in [5.41, 5.74) is 6.03. The van der Waals surface area contributed by atoms with E-state index in [0.717, 1.165) is 0 Å². The molecule has 124 valence electrons. The molecule has 7 heteroatoms. The standard InChI is InChI=1S/C15H21F3N2O2/c1-14(2,3)12(19)13(21)20(4)9-10-6-5-7-11(8-10)22-15(16,17)18/h5-8,12H,9,19H2,1-4H3/t12-/m1/s1. The van der Waals surface area contributed by atoms with Gasteiger partial charge < -0.3 is 15.4 Å². The van der Waals surface area contributed by atoms with Crippen molar-refractivity contribution >= 4 is 5.91 Å². The Balaban J connectivity index is 2.78. The molecule has 0 heterocycles. The van der Waals surface area contributed by atoms with Crippen molar-refractivity contribution in [1.82, 2.24) is 4.90 Å². The van der Waals surface area contributed by atoms with Crippen LogP contribution in [0, 0.1) is 5.41 Å². The zero-order valence-electron chi connectivity index (χ0n) is 13.1. The monoisotopic (exact) mass is 318 g/mol. The fraction of sp³-hybridized carbons (Fsp3) is 0.533. The first-order chi connectivity index (χ1) is 9.90. The number of likely N-dealkylation sites (N-methyl/N-ethyl adjacent to an activating group) is 1. The average molecular weight is 318 g/mol. The highest BCUT2D eigenvalue weighted by Gasteiger charge is 2.31. The Morgan fingerprint density at radius 1 is 1.32 bits per heavy atom. The number of amides is 1. The minimum Gasteiger partial charge on any atom is -0.406 e. The predicted molar refractivity (Wildman–Crippen MR) is 77.0 cm³/mol. The Hall–Kier alpha value is -1.76. The molecule has 1 aromatic rings. The lowest BCUT2D eigenvalue weighted by Crippen LogP contribution is -2.48. The third-order valence-corrected chi connectivity index (χ3v) is 3.13. The highest BCUT2D eigenvalue weighted by molar-refractivity contribution is 5.82. The van der Waals surface area contributed by atoms with Gasteiger partial charge in [0.05, 0.1) is 6.04 Å². The van der Waals surface area contributed by atoms with Gasteiger partial charge in [-0.05, 0) is 23.1 Å². The lowest BCUT2D eigenvalue weighted by atomic mass is 9.86. The number of hydrogen-bond donors (Lipinski definition) is 1. The van der Waals surface area contributed by atoms with Crippen molar-refractivity contribution in [2.75, 3.05) is 7.05 Å². The van der Waals surface area contributed by atoms with Crippen molar-refractivity contribution in [1.29, 1.82) is 0 Å². The lowest BCUT2D eigenvalue weighted by Gasteiger charge is -2.30. The Labute approximate surface area is 128 Å². The van der Waals surface area contributed by atoms with Gasteiger partial charge in [-0.25, -0.2) is 0 Å². The van der Waals surface area contributed by atoms with Crippen LogP contribution in [0.3, 0.4) is 0 Å². The summed E-state index contributed by atoms with van der Waals surface area (Å²) in [5.74, 6) is -0.583. The highest BCUT2D eigenvalue weighted by Crippen LogP contribution is 2.24. The topological polar surface area (TPSA) is 55.6 Å². The maximum absolute atomic E-state index is 12.2.